The fourth-order valence-electron chi connectivity index (χ4n) is 2.34. The molecule has 6 heteroatoms. The van der Waals surface area contributed by atoms with E-state index < -0.39 is 26.8 Å². The van der Waals surface area contributed by atoms with Crippen molar-refractivity contribution in [1.82, 2.24) is 5.32 Å². The van der Waals surface area contributed by atoms with E-state index in [9.17, 15) is 17.6 Å². The summed E-state index contributed by atoms with van der Waals surface area (Å²) in [6, 6.07) is 12.5. The summed E-state index contributed by atoms with van der Waals surface area (Å²) in [5.74, 6) is -1.24. The van der Waals surface area contributed by atoms with Gasteiger partial charge in [0.1, 0.15) is 11.1 Å². The average Bonchev–Trinajstić information content (AvgIpc) is 2.55. The third-order valence-electron chi connectivity index (χ3n) is 3.91. The molecule has 0 aliphatic carbocycles. The largest absolute Gasteiger partial charge is 0.355 e. The van der Waals surface area contributed by atoms with Gasteiger partial charge in [-0.2, -0.15) is 0 Å². The first-order valence-corrected chi connectivity index (χ1v) is 9.18. The molecule has 2 aromatic rings. The highest BCUT2D eigenvalue weighted by molar-refractivity contribution is 7.92. The van der Waals surface area contributed by atoms with Crippen LogP contribution >= 0.6 is 0 Å². The molecule has 0 bridgehead atoms. The van der Waals surface area contributed by atoms with Crippen molar-refractivity contribution >= 4 is 15.7 Å². The maximum Gasteiger partial charge on any atom is 0.238 e. The number of hydrogen-bond acceptors (Lipinski definition) is 3. The number of sulfone groups is 1. The minimum Gasteiger partial charge on any atom is -0.355 e. The van der Waals surface area contributed by atoms with Crippen LogP contribution in [-0.4, -0.2) is 26.1 Å². The van der Waals surface area contributed by atoms with Crippen molar-refractivity contribution in [3.05, 3.63) is 65.5 Å². The number of halogens is 1. The van der Waals surface area contributed by atoms with Gasteiger partial charge >= 0.3 is 0 Å². The quantitative estimate of drug-likeness (QED) is 0.872. The van der Waals surface area contributed by atoms with E-state index in [1.165, 1.54) is 19.1 Å². The van der Waals surface area contributed by atoms with Crippen LogP contribution in [-0.2, 0) is 21.1 Å². The molecule has 4 nitrogen and oxygen atoms in total. The summed E-state index contributed by atoms with van der Waals surface area (Å²) < 4.78 is 38.0. The number of aryl methyl sites for hydroxylation is 1. The van der Waals surface area contributed by atoms with Gasteiger partial charge in [0, 0.05) is 6.54 Å². The van der Waals surface area contributed by atoms with Gasteiger partial charge in [-0.05, 0) is 49.6 Å². The van der Waals surface area contributed by atoms with E-state index in [-0.39, 0.29) is 4.90 Å². The molecule has 2 aromatic carbocycles. The van der Waals surface area contributed by atoms with E-state index in [1.807, 2.05) is 31.2 Å². The van der Waals surface area contributed by atoms with Gasteiger partial charge in [0.25, 0.3) is 0 Å². The molecule has 0 unspecified atom stereocenters. The summed E-state index contributed by atoms with van der Waals surface area (Å²) in [5.41, 5.74) is 2.21. The molecule has 0 spiro atoms. The van der Waals surface area contributed by atoms with E-state index in [1.54, 1.807) is 0 Å². The van der Waals surface area contributed by atoms with Gasteiger partial charge in [0.2, 0.25) is 5.91 Å². The predicted molar refractivity (Wildman–Crippen MR) is 90.9 cm³/mol. The first-order valence-electron chi connectivity index (χ1n) is 7.64. The van der Waals surface area contributed by atoms with Crippen LogP contribution in [0.25, 0.3) is 0 Å². The molecule has 128 valence electrons. The van der Waals surface area contributed by atoms with E-state index in [0.717, 1.165) is 23.3 Å². The Balaban J connectivity index is 2.00. The summed E-state index contributed by atoms with van der Waals surface area (Å²) in [6.45, 7) is 3.63. The standard InChI is InChI=1S/C18H20FNO3S/c1-13-6-3-4-7-15(13)10-11-20-18(21)14(2)24(22,23)17-9-5-8-16(19)12-17/h3-9,12,14H,10-11H2,1-2H3,(H,20,21)/t14-/m0/s1. The van der Waals surface area contributed by atoms with Gasteiger partial charge in [0.15, 0.2) is 9.84 Å². The van der Waals surface area contributed by atoms with Crippen LogP contribution in [0.2, 0.25) is 0 Å². The fourth-order valence-corrected chi connectivity index (χ4v) is 3.66. The number of amides is 1. The molecule has 1 atom stereocenters. The zero-order valence-electron chi connectivity index (χ0n) is 13.6. The van der Waals surface area contributed by atoms with E-state index in [0.29, 0.717) is 13.0 Å². The molecule has 0 aliphatic rings. The molecule has 0 aromatic heterocycles. The van der Waals surface area contributed by atoms with Crippen molar-refractivity contribution < 1.29 is 17.6 Å². The summed E-state index contributed by atoms with van der Waals surface area (Å²) in [5, 5.41) is 1.36. The Morgan fingerprint density at radius 2 is 1.88 bits per heavy atom. The normalized spacial score (nSPS) is 12.6. The lowest BCUT2D eigenvalue weighted by Crippen LogP contribution is -2.38. The topological polar surface area (TPSA) is 63.2 Å². The highest BCUT2D eigenvalue weighted by Gasteiger charge is 2.29. The Morgan fingerprint density at radius 3 is 2.54 bits per heavy atom. The number of hydrogen-bond donors (Lipinski definition) is 1. The second-order valence-electron chi connectivity index (χ2n) is 5.61. The zero-order valence-corrected chi connectivity index (χ0v) is 14.4. The number of carbonyl (C=O) groups is 1. The van der Waals surface area contributed by atoms with Crippen LogP contribution in [0.3, 0.4) is 0 Å². The van der Waals surface area contributed by atoms with Crippen LogP contribution in [0, 0.1) is 12.7 Å². The van der Waals surface area contributed by atoms with E-state index in [4.69, 9.17) is 0 Å². The molecule has 0 radical (unpaired) electrons. The second kappa shape index (κ2) is 7.57. The van der Waals surface area contributed by atoms with Crippen molar-refractivity contribution in [2.75, 3.05) is 6.54 Å². The van der Waals surface area contributed by atoms with Gasteiger partial charge in [-0.15, -0.1) is 0 Å². The summed E-state index contributed by atoms with van der Waals surface area (Å²) in [7, 11) is -3.92. The first-order chi connectivity index (χ1) is 11.3. The van der Waals surface area contributed by atoms with Crippen LogP contribution in [0.1, 0.15) is 18.1 Å². The Bertz CT molecular complexity index is 834. The molecule has 1 N–H and O–H groups in total. The average molecular weight is 349 g/mol. The van der Waals surface area contributed by atoms with Crippen molar-refractivity contribution in [2.24, 2.45) is 0 Å². The summed E-state index contributed by atoms with van der Waals surface area (Å²) in [6.07, 6.45) is 0.616. The van der Waals surface area contributed by atoms with Crippen LogP contribution in [0.4, 0.5) is 4.39 Å². The maximum atomic E-state index is 13.2. The van der Waals surface area contributed by atoms with Crippen LogP contribution in [0.5, 0.6) is 0 Å². The minimum absolute atomic E-state index is 0.191. The number of rotatable bonds is 6. The van der Waals surface area contributed by atoms with Crippen molar-refractivity contribution in [2.45, 2.75) is 30.4 Å². The van der Waals surface area contributed by atoms with E-state index >= 15 is 0 Å². The minimum atomic E-state index is -3.92. The maximum absolute atomic E-state index is 13.2. The van der Waals surface area contributed by atoms with Crippen molar-refractivity contribution in [3.8, 4) is 0 Å². The Morgan fingerprint density at radius 1 is 1.17 bits per heavy atom. The lowest BCUT2D eigenvalue weighted by Gasteiger charge is -2.14. The third-order valence-corrected chi connectivity index (χ3v) is 5.97. The molecule has 24 heavy (non-hydrogen) atoms. The number of benzene rings is 2. The second-order valence-corrected chi connectivity index (χ2v) is 7.88. The molecule has 0 heterocycles. The molecular weight excluding hydrogens is 329 g/mol. The summed E-state index contributed by atoms with van der Waals surface area (Å²) in [4.78, 5) is 11.9. The molecular formula is C18H20FNO3S. The van der Waals surface area contributed by atoms with Gasteiger partial charge < -0.3 is 5.32 Å². The zero-order chi connectivity index (χ0) is 17.7. The highest BCUT2D eigenvalue weighted by atomic mass is 32.2. The lowest BCUT2D eigenvalue weighted by molar-refractivity contribution is -0.120. The van der Waals surface area contributed by atoms with Crippen LogP contribution < -0.4 is 5.32 Å². The number of nitrogens with one attached hydrogen (secondary N) is 1. The van der Waals surface area contributed by atoms with Crippen LogP contribution in [0.15, 0.2) is 53.4 Å². The van der Waals surface area contributed by atoms with Gasteiger partial charge in [-0.25, -0.2) is 12.8 Å². The molecule has 0 saturated heterocycles. The molecule has 0 saturated carbocycles. The molecule has 1 amide bonds. The van der Waals surface area contributed by atoms with E-state index in [2.05, 4.69) is 5.32 Å². The lowest BCUT2D eigenvalue weighted by atomic mass is 10.1. The van der Waals surface area contributed by atoms with Gasteiger partial charge in [-0.3, -0.25) is 4.79 Å². The smallest absolute Gasteiger partial charge is 0.238 e. The Kier molecular flexibility index (Phi) is 5.72. The number of carbonyl (C=O) groups excluding carboxylic acids is 1. The summed E-state index contributed by atoms with van der Waals surface area (Å²) >= 11 is 0. The van der Waals surface area contributed by atoms with Gasteiger partial charge in [0.05, 0.1) is 4.90 Å². The monoisotopic (exact) mass is 349 g/mol. The van der Waals surface area contributed by atoms with Crippen molar-refractivity contribution in [1.29, 1.82) is 0 Å². The third kappa shape index (κ3) is 4.20. The van der Waals surface area contributed by atoms with Crippen molar-refractivity contribution in [3.63, 3.8) is 0 Å². The SMILES string of the molecule is Cc1ccccc1CCNC(=O)[C@H](C)S(=O)(=O)c1cccc(F)c1. The van der Waals surface area contributed by atoms with Gasteiger partial charge in [-0.1, -0.05) is 30.3 Å². The first kappa shape index (κ1) is 18.1. The predicted octanol–water partition coefficient (Wildman–Crippen LogP) is 2.66. The fraction of sp³-hybridized carbons (Fsp3) is 0.278. The highest BCUT2D eigenvalue weighted by Crippen LogP contribution is 2.17. The Hall–Kier alpha value is -2.21. The molecule has 2 rings (SSSR count). The Labute approximate surface area is 141 Å². The molecule has 0 aliphatic heterocycles. The molecule has 0 fully saturated rings.